The van der Waals surface area contributed by atoms with Crippen molar-refractivity contribution in [2.75, 3.05) is 39.8 Å². The van der Waals surface area contributed by atoms with Gasteiger partial charge in [0, 0.05) is 45.7 Å². The predicted octanol–water partition coefficient (Wildman–Crippen LogP) is 1.12. The molecule has 0 bridgehead atoms. The van der Waals surface area contributed by atoms with Crippen molar-refractivity contribution in [3.8, 4) is 0 Å². The molecule has 2 aliphatic rings. The largest absolute Gasteiger partial charge is 0.360 e. The van der Waals surface area contributed by atoms with E-state index >= 15 is 0 Å². The number of likely N-dealkylation sites (N-methyl/N-ethyl adjacent to an activating group) is 1. The van der Waals surface area contributed by atoms with E-state index in [9.17, 15) is 9.59 Å². The number of amides is 2. The van der Waals surface area contributed by atoms with Gasteiger partial charge in [-0.15, -0.1) is 0 Å². The average molecular weight is 415 g/mol. The third-order valence-corrected chi connectivity index (χ3v) is 6.23. The molecule has 1 unspecified atom stereocenters. The van der Waals surface area contributed by atoms with E-state index in [0.717, 1.165) is 51.3 Å². The Bertz CT molecular complexity index is 925. The van der Waals surface area contributed by atoms with E-state index < -0.39 is 0 Å². The number of nitrogens with zero attached hydrogens (tertiary/aromatic N) is 5. The van der Waals surface area contributed by atoms with Gasteiger partial charge in [0.05, 0.1) is 23.1 Å². The molecule has 2 aromatic rings. The van der Waals surface area contributed by atoms with Crippen LogP contribution in [0.2, 0.25) is 0 Å². The first-order valence-corrected chi connectivity index (χ1v) is 10.7. The molecule has 2 amide bonds. The lowest BCUT2D eigenvalue weighted by molar-refractivity contribution is 0.0661. The molecule has 1 N–H and O–H groups in total. The monoisotopic (exact) mass is 414 g/mol. The zero-order valence-corrected chi connectivity index (χ0v) is 18.0. The fourth-order valence-electron chi connectivity index (χ4n) is 4.31. The minimum absolute atomic E-state index is 0.0710. The van der Waals surface area contributed by atoms with Crippen LogP contribution in [0.3, 0.4) is 0 Å². The predicted molar refractivity (Wildman–Crippen MR) is 110 cm³/mol. The highest BCUT2D eigenvalue weighted by atomic mass is 16.5. The zero-order chi connectivity index (χ0) is 21.3. The Kier molecular flexibility index (Phi) is 5.90. The topological polar surface area (TPSA) is 96.5 Å². The first-order valence-electron chi connectivity index (χ1n) is 10.7. The second-order valence-electron chi connectivity index (χ2n) is 8.31. The van der Waals surface area contributed by atoms with Gasteiger partial charge >= 0.3 is 0 Å². The van der Waals surface area contributed by atoms with Gasteiger partial charge in [-0.1, -0.05) is 12.1 Å². The van der Waals surface area contributed by atoms with Crippen LogP contribution in [-0.4, -0.2) is 76.3 Å². The van der Waals surface area contributed by atoms with Crippen molar-refractivity contribution >= 4 is 11.8 Å². The first-order chi connectivity index (χ1) is 14.5. The molecule has 4 heterocycles. The molecular formula is C21H30N6O3. The Morgan fingerprint density at radius 3 is 2.73 bits per heavy atom. The molecule has 162 valence electrons. The van der Waals surface area contributed by atoms with Gasteiger partial charge < -0.3 is 19.6 Å². The van der Waals surface area contributed by atoms with Gasteiger partial charge in [0.2, 0.25) is 0 Å². The van der Waals surface area contributed by atoms with Crippen molar-refractivity contribution < 1.29 is 14.1 Å². The number of nitrogens with one attached hydrogen (secondary N) is 1. The van der Waals surface area contributed by atoms with Crippen molar-refractivity contribution in [2.24, 2.45) is 5.92 Å². The minimum atomic E-state index is -0.140. The van der Waals surface area contributed by atoms with E-state index in [4.69, 9.17) is 4.52 Å². The smallest absolute Gasteiger partial charge is 0.257 e. The van der Waals surface area contributed by atoms with Crippen molar-refractivity contribution in [2.45, 2.75) is 39.7 Å². The minimum Gasteiger partial charge on any atom is -0.360 e. The summed E-state index contributed by atoms with van der Waals surface area (Å²) in [6.45, 7) is 8.33. The molecule has 9 nitrogen and oxygen atoms in total. The highest BCUT2D eigenvalue weighted by Gasteiger charge is 2.29. The lowest BCUT2D eigenvalue weighted by atomic mass is 9.94. The second-order valence-corrected chi connectivity index (χ2v) is 8.31. The summed E-state index contributed by atoms with van der Waals surface area (Å²) in [6, 6.07) is 0. The molecule has 2 aromatic heterocycles. The van der Waals surface area contributed by atoms with Gasteiger partial charge in [-0.3, -0.25) is 14.3 Å². The van der Waals surface area contributed by atoms with Crippen LogP contribution >= 0.6 is 0 Å². The van der Waals surface area contributed by atoms with Crippen molar-refractivity contribution in [3.05, 3.63) is 34.5 Å². The zero-order valence-electron chi connectivity index (χ0n) is 18.0. The number of aryl methyl sites for hydroxylation is 3. The quantitative estimate of drug-likeness (QED) is 0.788. The maximum absolute atomic E-state index is 13.0. The van der Waals surface area contributed by atoms with Crippen LogP contribution in [0.1, 0.15) is 51.2 Å². The maximum atomic E-state index is 13.0. The molecule has 30 heavy (non-hydrogen) atoms. The Labute approximate surface area is 176 Å². The Hall–Kier alpha value is -2.68. The highest BCUT2D eigenvalue weighted by Crippen LogP contribution is 2.24. The highest BCUT2D eigenvalue weighted by molar-refractivity contribution is 5.96. The summed E-state index contributed by atoms with van der Waals surface area (Å²) in [7, 11) is 2.08. The van der Waals surface area contributed by atoms with Gasteiger partial charge in [0.1, 0.15) is 11.3 Å². The number of carbonyl (C=O) groups excluding carboxylic acids is 2. The third-order valence-electron chi connectivity index (χ3n) is 6.23. The molecule has 1 fully saturated rings. The van der Waals surface area contributed by atoms with E-state index in [1.54, 1.807) is 13.1 Å². The Balaban J connectivity index is 1.40. The standard InChI is InChI=1S/C21H30N6O3/c1-4-18-19(14(2)24-30-18)20(28)22-12-15-5-6-27-17(11-15)16(13-23-27)21(29)26-9-7-25(3)8-10-26/h13,15H,4-12H2,1-3H3,(H,22,28). The molecule has 0 saturated carbocycles. The number of hydrogen-bond acceptors (Lipinski definition) is 6. The fourth-order valence-corrected chi connectivity index (χ4v) is 4.31. The number of hydrogen-bond donors (Lipinski definition) is 1. The summed E-state index contributed by atoms with van der Waals surface area (Å²) >= 11 is 0. The molecule has 0 aliphatic carbocycles. The number of aromatic nitrogens is 3. The number of fused-ring (bicyclic) bond motifs is 1. The lowest BCUT2D eigenvalue weighted by Crippen LogP contribution is -2.47. The lowest BCUT2D eigenvalue weighted by Gasteiger charge is -2.32. The fraction of sp³-hybridized carbons (Fsp3) is 0.619. The number of piperazine rings is 1. The van der Waals surface area contributed by atoms with Crippen molar-refractivity contribution in [1.29, 1.82) is 0 Å². The maximum Gasteiger partial charge on any atom is 0.257 e. The van der Waals surface area contributed by atoms with E-state index in [0.29, 0.717) is 35.5 Å². The first kappa shape index (κ1) is 20.6. The normalized spacial score (nSPS) is 19.6. The van der Waals surface area contributed by atoms with E-state index in [1.807, 2.05) is 16.5 Å². The number of carbonyl (C=O) groups is 2. The average Bonchev–Trinajstić information content (AvgIpc) is 3.34. The summed E-state index contributed by atoms with van der Waals surface area (Å²) in [5.41, 5.74) is 2.86. The molecule has 1 atom stereocenters. The summed E-state index contributed by atoms with van der Waals surface area (Å²) in [5, 5.41) is 11.4. The van der Waals surface area contributed by atoms with Crippen LogP contribution in [0.5, 0.6) is 0 Å². The Morgan fingerprint density at radius 2 is 2.00 bits per heavy atom. The van der Waals surface area contributed by atoms with Crippen LogP contribution in [-0.2, 0) is 19.4 Å². The van der Waals surface area contributed by atoms with Gasteiger partial charge in [0.25, 0.3) is 11.8 Å². The van der Waals surface area contributed by atoms with E-state index in [2.05, 4.69) is 27.5 Å². The van der Waals surface area contributed by atoms with E-state index in [-0.39, 0.29) is 17.7 Å². The van der Waals surface area contributed by atoms with Gasteiger partial charge in [-0.2, -0.15) is 5.10 Å². The van der Waals surface area contributed by atoms with Gasteiger partial charge in [0.15, 0.2) is 0 Å². The summed E-state index contributed by atoms with van der Waals surface area (Å²) < 4.78 is 7.18. The van der Waals surface area contributed by atoms with Gasteiger partial charge in [-0.05, 0) is 32.7 Å². The van der Waals surface area contributed by atoms with Crippen molar-refractivity contribution in [3.63, 3.8) is 0 Å². The number of rotatable bonds is 5. The molecule has 0 spiro atoms. The van der Waals surface area contributed by atoms with Crippen LogP contribution < -0.4 is 5.32 Å². The molecule has 4 rings (SSSR count). The molecule has 2 aliphatic heterocycles. The van der Waals surface area contributed by atoms with Gasteiger partial charge in [-0.25, -0.2) is 0 Å². The van der Waals surface area contributed by atoms with Crippen LogP contribution in [0.15, 0.2) is 10.7 Å². The molecular weight excluding hydrogens is 384 g/mol. The third kappa shape index (κ3) is 3.98. The molecule has 9 heteroatoms. The second kappa shape index (κ2) is 8.59. The Morgan fingerprint density at radius 1 is 1.23 bits per heavy atom. The van der Waals surface area contributed by atoms with E-state index in [1.165, 1.54) is 0 Å². The van der Waals surface area contributed by atoms with Crippen LogP contribution in [0, 0.1) is 12.8 Å². The summed E-state index contributed by atoms with van der Waals surface area (Å²) in [4.78, 5) is 29.9. The van der Waals surface area contributed by atoms with Crippen molar-refractivity contribution in [1.82, 2.24) is 30.1 Å². The molecule has 1 saturated heterocycles. The summed E-state index contributed by atoms with van der Waals surface area (Å²) in [5.74, 6) is 0.814. The molecule has 0 radical (unpaired) electrons. The SMILES string of the molecule is CCc1onc(C)c1C(=O)NCC1CCn2ncc(C(=O)N3CCN(C)CC3)c2C1. The summed E-state index contributed by atoms with van der Waals surface area (Å²) in [6.07, 6.45) is 3.99. The van der Waals surface area contributed by atoms with Crippen LogP contribution in [0.25, 0.3) is 0 Å². The molecule has 0 aromatic carbocycles. The van der Waals surface area contributed by atoms with Crippen LogP contribution in [0.4, 0.5) is 0 Å².